The van der Waals surface area contributed by atoms with Crippen LogP contribution in [0.2, 0.25) is 0 Å². The van der Waals surface area contributed by atoms with Crippen LogP contribution < -0.4 is 14.2 Å². The molecule has 202 valence electrons. The molecule has 0 aliphatic rings. The van der Waals surface area contributed by atoms with E-state index in [9.17, 15) is 4.79 Å². The van der Waals surface area contributed by atoms with Gasteiger partial charge >= 0.3 is 5.97 Å². The van der Waals surface area contributed by atoms with E-state index in [0.29, 0.717) is 17.9 Å². The second-order valence-corrected chi connectivity index (χ2v) is 9.81. The largest absolute Gasteiger partial charge is 0.494 e. The van der Waals surface area contributed by atoms with E-state index in [2.05, 4.69) is 20.4 Å². The highest BCUT2D eigenvalue weighted by molar-refractivity contribution is 5.91. The molecule has 3 aromatic carbocycles. The number of rotatable bonds is 17. The number of hydrogen-bond donors (Lipinski definition) is 0. The van der Waals surface area contributed by atoms with Gasteiger partial charge in [-0.3, -0.25) is 0 Å². The molecule has 0 amide bonds. The van der Waals surface area contributed by atoms with Crippen molar-refractivity contribution in [2.75, 3.05) is 13.2 Å². The molecule has 3 aromatic rings. The highest BCUT2D eigenvalue weighted by Crippen LogP contribution is 2.24. The van der Waals surface area contributed by atoms with Gasteiger partial charge in [0.1, 0.15) is 17.2 Å². The van der Waals surface area contributed by atoms with Crippen molar-refractivity contribution in [2.24, 2.45) is 5.92 Å². The normalized spacial score (nSPS) is 11.5. The van der Waals surface area contributed by atoms with E-state index in [-0.39, 0.29) is 5.97 Å². The van der Waals surface area contributed by atoms with E-state index in [1.807, 2.05) is 54.6 Å². The number of unbranched alkanes of at least 4 members (excludes halogenated alkanes) is 4. The minimum Gasteiger partial charge on any atom is -0.494 e. The average Bonchev–Trinajstić information content (AvgIpc) is 2.96. The Hall–Kier alpha value is -3.53. The van der Waals surface area contributed by atoms with Crippen LogP contribution in [0.1, 0.15) is 75.6 Å². The Morgan fingerprint density at radius 1 is 0.737 bits per heavy atom. The molecule has 0 unspecified atom stereocenters. The average molecular weight is 515 g/mol. The number of esters is 1. The Morgan fingerprint density at radius 2 is 1.26 bits per heavy atom. The third-order valence-corrected chi connectivity index (χ3v) is 6.72. The molecular formula is C34H42O4. The molecule has 0 aromatic heterocycles. The van der Waals surface area contributed by atoms with Crippen LogP contribution in [0.25, 0.3) is 11.1 Å². The third kappa shape index (κ3) is 10.1. The van der Waals surface area contributed by atoms with Gasteiger partial charge in [-0.05, 0) is 97.7 Å². The Morgan fingerprint density at radius 3 is 1.87 bits per heavy atom. The molecule has 38 heavy (non-hydrogen) atoms. The summed E-state index contributed by atoms with van der Waals surface area (Å²) in [6.45, 7) is 9.67. The van der Waals surface area contributed by atoms with E-state index >= 15 is 0 Å². The molecule has 0 bridgehead atoms. The maximum Gasteiger partial charge on any atom is 0.343 e. The molecule has 3 rings (SSSR count). The minimum atomic E-state index is -0.382. The summed E-state index contributed by atoms with van der Waals surface area (Å²) >= 11 is 0. The Bertz CT molecular complexity index is 1080. The summed E-state index contributed by atoms with van der Waals surface area (Å²) < 4.78 is 17.2. The fourth-order valence-corrected chi connectivity index (χ4v) is 4.07. The number of ether oxygens (including phenoxy) is 3. The van der Waals surface area contributed by atoms with Crippen LogP contribution in [0.5, 0.6) is 17.2 Å². The maximum absolute atomic E-state index is 12.6. The van der Waals surface area contributed by atoms with Gasteiger partial charge in [-0.25, -0.2) is 4.79 Å². The van der Waals surface area contributed by atoms with Crippen molar-refractivity contribution in [1.82, 2.24) is 0 Å². The molecule has 4 heteroatoms. The van der Waals surface area contributed by atoms with E-state index in [1.54, 1.807) is 24.3 Å². The van der Waals surface area contributed by atoms with Gasteiger partial charge in [0.15, 0.2) is 0 Å². The second-order valence-electron chi connectivity index (χ2n) is 9.81. The van der Waals surface area contributed by atoms with Crippen molar-refractivity contribution in [3.8, 4) is 28.4 Å². The molecule has 0 fully saturated rings. The van der Waals surface area contributed by atoms with Gasteiger partial charge in [-0.15, -0.1) is 6.58 Å². The standard InChI is InChI=1S/C34H42O4/c1-4-6-7-8-9-10-25-36-31-19-17-29(18-20-31)28-13-15-30(16-14-28)34(35)38-33-23-21-32(22-24-33)37-26-11-12-27(3)5-2/h4,13-24,27H,1,5-12,25-26H2,2-3H3/t27-/m0/s1. The van der Waals surface area contributed by atoms with Gasteiger partial charge < -0.3 is 14.2 Å². The van der Waals surface area contributed by atoms with Crippen molar-refractivity contribution in [3.05, 3.63) is 91.0 Å². The zero-order chi connectivity index (χ0) is 27.0. The van der Waals surface area contributed by atoms with E-state index < -0.39 is 0 Å². The van der Waals surface area contributed by atoms with Crippen molar-refractivity contribution in [3.63, 3.8) is 0 Å². The van der Waals surface area contributed by atoms with E-state index in [4.69, 9.17) is 14.2 Å². The summed E-state index contributed by atoms with van der Waals surface area (Å²) in [5.74, 6) is 2.51. The molecule has 0 heterocycles. The Labute approximate surface area is 228 Å². The molecule has 1 atom stereocenters. The molecule has 0 N–H and O–H groups in total. The number of hydrogen-bond acceptors (Lipinski definition) is 4. The molecule has 0 spiro atoms. The predicted molar refractivity (Wildman–Crippen MR) is 156 cm³/mol. The molecule has 0 saturated carbocycles. The Kier molecular flexibility index (Phi) is 12.5. The number of allylic oxidation sites excluding steroid dienone is 1. The summed E-state index contributed by atoms with van der Waals surface area (Å²) in [6.07, 6.45) is 11.1. The van der Waals surface area contributed by atoms with Gasteiger partial charge in [0.05, 0.1) is 18.8 Å². The van der Waals surface area contributed by atoms with Crippen molar-refractivity contribution in [2.45, 2.75) is 65.2 Å². The highest BCUT2D eigenvalue weighted by Gasteiger charge is 2.10. The lowest BCUT2D eigenvalue weighted by atomic mass is 10.0. The summed E-state index contributed by atoms with van der Waals surface area (Å²) in [5, 5.41) is 0. The van der Waals surface area contributed by atoms with Gasteiger partial charge in [0.25, 0.3) is 0 Å². The first kappa shape index (κ1) is 29.0. The molecule has 0 radical (unpaired) electrons. The van der Waals surface area contributed by atoms with Crippen LogP contribution in [0, 0.1) is 5.92 Å². The van der Waals surface area contributed by atoms with Crippen molar-refractivity contribution < 1.29 is 19.0 Å². The molecule has 0 aliphatic carbocycles. The Balaban J connectivity index is 1.43. The van der Waals surface area contributed by atoms with Crippen molar-refractivity contribution >= 4 is 5.97 Å². The van der Waals surface area contributed by atoms with Crippen LogP contribution in [0.15, 0.2) is 85.5 Å². The van der Waals surface area contributed by atoms with Crippen LogP contribution in [-0.2, 0) is 0 Å². The third-order valence-electron chi connectivity index (χ3n) is 6.72. The van der Waals surface area contributed by atoms with E-state index in [1.165, 1.54) is 32.1 Å². The summed E-state index contributed by atoms with van der Waals surface area (Å²) in [4.78, 5) is 12.6. The van der Waals surface area contributed by atoms with Crippen LogP contribution in [-0.4, -0.2) is 19.2 Å². The first-order valence-corrected chi connectivity index (χ1v) is 14.0. The van der Waals surface area contributed by atoms with E-state index in [0.717, 1.165) is 54.4 Å². The smallest absolute Gasteiger partial charge is 0.343 e. The lowest BCUT2D eigenvalue weighted by Gasteiger charge is -2.10. The lowest BCUT2D eigenvalue weighted by Crippen LogP contribution is -2.08. The highest BCUT2D eigenvalue weighted by atomic mass is 16.5. The van der Waals surface area contributed by atoms with Crippen LogP contribution >= 0.6 is 0 Å². The molecule has 0 aliphatic heterocycles. The monoisotopic (exact) mass is 514 g/mol. The van der Waals surface area contributed by atoms with Gasteiger partial charge in [-0.1, -0.05) is 63.5 Å². The zero-order valence-corrected chi connectivity index (χ0v) is 23.0. The molecule has 0 saturated heterocycles. The fraction of sp³-hybridized carbons (Fsp3) is 0.382. The van der Waals surface area contributed by atoms with Crippen molar-refractivity contribution in [1.29, 1.82) is 0 Å². The minimum absolute atomic E-state index is 0.382. The topological polar surface area (TPSA) is 44.8 Å². The lowest BCUT2D eigenvalue weighted by molar-refractivity contribution is 0.0734. The summed E-state index contributed by atoms with van der Waals surface area (Å²) in [5.41, 5.74) is 2.61. The zero-order valence-electron chi connectivity index (χ0n) is 23.0. The SMILES string of the molecule is C=CCCCCCCOc1ccc(-c2ccc(C(=O)Oc3ccc(OCCC[C@@H](C)CC)cc3)cc2)cc1. The molecule has 4 nitrogen and oxygen atoms in total. The first-order chi connectivity index (χ1) is 18.6. The van der Waals surface area contributed by atoms with Crippen LogP contribution in [0.3, 0.4) is 0 Å². The van der Waals surface area contributed by atoms with Gasteiger partial charge in [0.2, 0.25) is 0 Å². The predicted octanol–water partition coefficient (Wildman–Crippen LogP) is 9.29. The summed E-state index contributed by atoms with van der Waals surface area (Å²) in [6, 6.07) is 22.7. The first-order valence-electron chi connectivity index (χ1n) is 14.0. The summed E-state index contributed by atoms with van der Waals surface area (Å²) in [7, 11) is 0. The van der Waals surface area contributed by atoms with Gasteiger partial charge in [-0.2, -0.15) is 0 Å². The fourth-order valence-electron chi connectivity index (χ4n) is 4.07. The maximum atomic E-state index is 12.6. The quantitative estimate of drug-likeness (QED) is 0.0779. The number of carbonyl (C=O) groups is 1. The van der Waals surface area contributed by atoms with Crippen LogP contribution in [0.4, 0.5) is 0 Å². The van der Waals surface area contributed by atoms with Gasteiger partial charge in [0, 0.05) is 0 Å². The second kappa shape index (κ2) is 16.3. The number of carbonyl (C=O) groups excluding carboxylic acids is 1. The molecular weight excluding hydrogens is 472 g/mol. The number of benzene rings is 3.